The molecule has 1 N–H and O–H groups in total. The number of hydrogen-bond acceptors (Lipinski definition) is 1. The lowest BCUT2D eigenvalue weighted by molar-refractivity contribution is -0.105. The first-order valence-electron chi connectivity index (χ1n) is 5.86. The summed E-state index contributed by atoms with van der Waals surface area (Å²) in [7, 11) is 0. The molecule has 0 aliphatic rings. The topological polar surface area (TPSA) is 33.5 Å². The molecule has 0 aliphatic carbocycles. The van der Waals surface area contributed by atoms with E-state index in [1.807, 2.05) is 48.7 Å². The first-order valence-corrected chi connectivity index (χ1v) is 6.65. The van der Waals surface area contributed by atoms with Gasteiger partial charge in [0, 0.05) is 10.7 Å². The second kappa shape index (κ2) is 4.90. The highest BCUT2D eigenvalue weighted by molar-refractivity contribution is 9.10. The van der Waals surface area contributed by atoms with Gasteiger partial charge in [-0.25, -0.2) is 0 Å². The molecule has 4 heteroatoms. The maximum Gasteiger partial charge on any atom is 0.211 e. The van der Waals surface area contributed by atoms with Crippen molar-refractivity contribution < 1.29 is 4.79 Å². The number of hydrogen-bond donors (Lipinski definition) is 1. The molecule has 0 radical (unpaired) electrons. The smallest absolute Gasteiger partial charge is 0.211 e. The standard InChI is InChI=1S/C15H11BrN2O/c16-12-5-3-4-11(8-12)15-9-13(17-10-19)14-6-1-2-7-18(14)15/h1-10H,(H,17,19). The molecule has 0 unspecified atom stereocenters. The van der Waals surface area contributed by atoms with Crippen molar-refractivity contribution >= 4 is 33.5 Å². The van der Waals surface area contributed by atoms with Gasteiger partial charge in [-0.15, -0.1) is 0 Å². The molecule has 0 spiro atoms. The molecule has 3 rings (SSSR count). The summed E-state index contributed by atoms with van der Waals surface area (Å²) in [5.74, 6) is 0. The Morgan fingerprint density at radius 2 is 2.00 bits per heavy atom. The number of fused-ring (bicyclic) bond motifs is 1. The van der Waals surface area contributed by atoms with E-state index in [0.29, 0.717) is 6.41 Å². The van der Waals surface area contributed by atoms with Crippen LogP contribution in [-0.4, -0.2) is 10.8 Å². The molecule has 3 aromatic rings. The van der Waals surface area contributed by atoms with E-state index >= 15 is 0 Å². The SMILES string of the molecule is O=CNc1cc(-c2cccc(Br)c2)n2ccccc12. The zero-order chi connectivity index (χ0) is 13.2. The molecule has 0 aliphatic heterocycles. The van der Waals surface area contributed by atoms with Gasteiger partial charge in [-0.05, 0) is 35.9 Å². The third kappa shape index (κ3) is 2.15. The number of carbonyl (C=O) groups is 1. The maximum atomic E-state index is 10.7. The van der Waals surface area contributed by atoms with Gasteiger partial charge in [0.1, 0.15) is 0 Å². The van der Waals surface area contributed by atoms with Gasteiger partial charge in [-0.1, -0.05) is 34.1 Å². The van der Waals surface area contributed by atoms with Crippen LogP contribution in [-0.2, 0) is 4.79 Å². The number of aromatic nitrogens is 1. The Labute approximate surface area is 119 Å². The van der Waals surface area contributed by atoms with Gasteiger partial charge < -0.3 is 9.72 Å². The maximum absolute atomic E-state index is 10.7. The Balaban J connectivity index is 2.26. The number of nitrogens with one attached hydrogen (secondary N) is 1. The first kappa shape index (κ1) is 12.0. The van der Waals surface area contributed by atoms with Crippen LogP contribution >= 0.6 is 15.9 Å². The third-order valence-corrected chi connectivity index (χ3v) is 3.50. The lowest BCUT2D eigenvalue weighted by Gasteiger charge is -2.03. The number of benzene rings is 1. The summed E-state index contributed by atoms with van der Waals surface area (Å²) in [6.45, 7) is 0. The summed E-state index contributed by atoms with van der Waals surface area (Å²) in [5, 5.41) is 2.74. The first-order chi connectivity index (χ1) is 9.29. The van der Waals surface area contributed by atoms with E-state index in [9.17, 15) is 4.79 Å². The Bertz CT molecular complexity index is 749. The van der Waals surface area contributed by atoms with Crippen LogP contribution < -0.4 is 5.32 Å². The zero-order valence-electron chi connectivity index (χ0n) is 10.0. The summed E-state index contributed by atoms with van der Waals surface area (Å²) in [6, 6.07) is 16.0. The molecule has 94 valence electrons. The van der Waals surface area contributed by atoms with Gasteiger partial charge in [0.2, 0.25) is 6.41 Å². The highest BCUT2D eigenvalue weighted by Gasteiger charge is 2.09. The molecular formula is C15H11BrN2O. The Hall–Kier alpha value is -2.07. The van der Waals surface area contributed by atoms with Gasteiger partial charge in [0.15, 0.2) is 0 Å². The van der Waals surface area contributed by atoms with E-state index in [0.717, 1.165) is 26.9 Å². The van der Waals surface area contributed by atoms with Crippen LogP contribution in [0.15, 0.2) is 59.2 Å². The van der Waals surface area contributed by atoms with Crippen molar-refractivity contribution in [3.8, 4) is 11.3 Å². The van der Waals surface area contributed by atoms with Crippen LogP contribution in [0.25, 0.3) is 16.8 Å². The van der Waals surface area contributed by atoms with Crippen LogP contribution in [0.2, 0.25) is 0 Å². The van der Waals surface area contributed by atoms with Crippen molar-refractivity contribution in [2.45, 2.75) is 0 Å². The lowest BCUT2D eigenvalue weighted by atomic mass is 10.1. The molecule has 0 bridgehead atoms. The molecule has 1 aromatic carbocycles. The van der Waals surface area contributed by atoms with Crippen molar-refractivity contribution in [3.63, 3.8) is 0 Å². The lowest BCUT2D eigenvalue weighted by Crippen LogP contribution is -1.92. The summed E-state index contributed by atoms with van der Waals surface area (Å²) in [5.41, 5.74) is 3.92. The summed E-state index contributed by atoms with van der Waals surface area (Å²) in [4.78, 5) is 10.7. The highest BCUT2D eigenvalue weighted by atomic mass is 79.9. The van der Waals surface area contributed by atoms with Gasteiger partial charge in [-0.3, -0.25) is 4.79 Å². The second-order valence-corrected chi connectivity index (χ2v) is 5.09. The van der Waals surface area contributed by atoms with Gasteiger partial charge in [0.25, 0.3) is 0 Å². The zero-order valence-corrected chi connectivity index (χ0v) is 11.6. The van der Waals surface area contributed by atoms with E-state index in [-0.39, 0.29) is 0 Å². The minimum absolute atomic E-state index is 0.701. The van der Waals surface area contributed by atoms with E-state index in [2.05, 4.69) is 31.7 Å². The minimum Gasteiger partial charge on any atom is -0.327 e. The van der Waals surface area contributed by atoms with Crippen molar-refractivity contribution in [1.29, 1.82) is 0 Å². The molecule has 19 heavy (non-hydrogen) atoms. The number of amides is 1. The second-order valence-electron chi connectivity index (χ2n) is 4.17. The van der Waals surface area contributed by atoms with Crippen LogP contribution in [0.5, 0.6) is 0 Å². The predicted molar refractivity (Wildman–Crippen MR) is 80.2 cm³/mol. The summed E-state index contributed by atoms with van der Waals surface area (Å²) >= 11 is 3.48. The fourth-order valence-corrected chi connectivity index (χ4v) is 2.60. The van der Waals surface area contributed by atoms with Crippen LogP contribution in [0.4, 0.5) is 5.69 Å². The predicted octanol–water partition coefficient (Wildman–Crippen LogP) is 3.94. The molecule has 2 aromatic heterocycles. The Morgan fingerprint density at radius 1 is 1.11 bits per heavy atom. The molecule has 0 fully saturated rings. The fraction of sp³-hybridized carbons (Fsp3) is 0. The minimum atomic E-state index is 0.701. The van der Waals surface area contributed by atoms with Crippen molar-refractivity contribution in [2.24, 2.45) is 0 Å². The Morgan fingerprint density at radius 3 is 2.79 bits per heavy atom. The Kier molecular flexibility index (Phi) is 3.09. The fourth-order valence-electron chi connectivity index (χ4n) is 2.20. The molecular weight excluding hydrogens is 304 g/mol. The van der Waals surface area contributed by atoms with Crippen molar-refractivity contribution in [2.75, 3.05) is 5.32 Å². The normalized spacial score (nSPS) is 10.6. The number of pyridine rings is 1. The molecule has 1 amide bonds. The molecule has 0 saturated heterocycles. The van der Waals surface area contributed by atoms with Crippen LogP contribution in [0.3, 0.4) is 0 Å². The monoisotopic (exact) mass is 314 g/mol. The average Bonchev–Trinajstić information content (AvgIpc) is 2.79. The van der Waals surface area contributed by atoms with Gasteiger partial charge in [-0.2, -0.15) is 0 Å². The van der Waals surface area contributed by atoms with Crippen LogP contribution in [0.1, 0.15) is 0 Å². The van der Waals surface area contributed by atoms with Crippen LogP contribution in [0, 0.1) is 0 Å². The number of halogens is 1. The van der Waals surface area contributed by atoms with Crippen molar-refractivity contribution in [1.82, 2.24) is 4.40 Å². The number of nitrogens with zero attached hydrogens (tertiary/aromatic N) is 1. The summed E-state index contributed by atoms with van der Waals surface area (Å²) < 4.78 is 3.09. The molecule has 3 nitrogen and oxygen atoms in total. The van der Waals surface area contributed by atoms with E-state index in [1.165, 1.54) is 0 Å². The van der Waals surface area contributed by atoms with Gasteiger partial charge >= 0.3 is 0 Å². The van der Waals surface area contributed by atoms with E-state index < -0.39 is 0 Å². The largest absolute Gasteiger partial charge is 0.327 e. The molecule has 0 saturated carbocycles. The van der Waals surface area contributed by atoms with Gasteiger partial charge in [0.05, 0.1) is 16.9 Å². The highest BCUT2D eigenvalue weighted by Crippen LogP contribution is 2.30. The van der Waals surface area contributed by atoms with E-state index in [1.54, 1.807) is 0 Å². The summed E-state index contributed by atoms with van der Waals surface area (Å²) in [6.07, 6.45) is 2.69. The third-order valence-electron chi connectivity index (χ3n) is 3.01. The number of rotatable bonds is 3. The number of anilines is 1. The van der Waals surface area contributed by atoms with Crippen molar-refractivity contribution in [3.05, 3.63) is 59.2 Å². The quantitative estimate of drug-likeness (QED) is 0.730. The average molecular weight is 315 g/mol. The molecule has 0 atom stereocenters. The number of carbonyl (C=O) groups excluding carboxylic acids is 1. The molecule has 2 heterocycles. The van der Waals surface area contributed by atoms with E-state index in [4.69, 9.17) is 0 Å².